The van der Waals surface area contributed by atoms with Crippen LogP contribution < -0.4 is 5.32 Å². The number of rotatable bonds is 3. The third-order valence-electron chi connectivity index (χ3n) is 4.39. The molecule has 0 aliphatic heterocycles. The average Bonchev–Trinajstić information content (AvgIpc) is 3.27. The molecule has 0 aliphatic rings. The van der Waals surface area contributed by atoms with Crippen LogP contribution in [0.5, 0.6) is 0 Å². The lowest BCUT2D eigenvalue weighted by molar-refractivity contribution is 1.12. The Morgan fingerprint density at radius 2 is 1.88 bits per heavy atom. The smallest absolute Gasteiger partial charge is 0.178 e. The molecule has 126 valence electrons. The van der Waals surface area contributed by atoms with E-state index in [1.165, 1.54) is 5.56 Å². The molecule has 6 heteroatoms. The van der Waals surface area contributed by atoms with Crippen molar-refractivity contribution < 1.29 is 0 Å². The van der Waals surface area contributed by atoms with E-state index in [1.54, 1.807) is 12.4 Å². The zero-order valence-corrected chi connectivity index (χ0v) is 14.1. The highest BCUT2D eigenvalue weighted by atomic mass is 15.1. The number of aromatic amines is 2. The number of hydrogen-bond acceptors (Lipinski definition) is 4. The van der Waals surface area contributed by atoms with E-state index in [0.717, 1.165) is 39.0 Å². The Kier molecular flexibility index (Phi) is 3.21. The average molecular weight is 340 g/mol. The fourth-order valence-electron chi connectivity index (χ4n) is 3.09. The van der Waals surface area contributed by atoms with Crippen LogP contribution in [0, 0.1) is 6.92 Å². The van der Waals surface area contributed by atoms with Crippen LogP contribution in [0.3, 0.4) is 0 Å². The van der Waals surface area contributed by atoms with Gasteiger partial charge >= 0.3 is 0 Å². The largest absolute Gasteiger partial charge is 0.352 e. The van der Waals surface area contributed by atoms with Crippen molar-refractivity contribution in [2.45, 2.75) is 6.92 Å². The summed E-state index contributed by atoms with van der Waals surface area (Å²) < 4.78 is 0. The van der Waals surface area contributed by atoms with E-state index in [2.05, 4.69) is 61.7 Å². The highest BCUT2D eigenvalue weighted by Crippen LogP contribution is 2.24. The highest BCUT2D eigenvalue weighted by molar-refractivity contribution is 5.85. The minimum Gasteiger partial charge on any atom is -0.352 e. The van der Waals surface area contributed by atoms with Crippen LogP contribution in [0.15, 0.2) is 60.9 Å². The van der Waals surface area contributed by atoms with Crippen molar-refractivity contribution in [2.24, 2.45) is 0 Å². The van der Waals surface area contributed by atoms with Gasteiger partial charge in [-0.25, -0.2) is 9.97 Å². The molecule has 6 nitrogen and oxygen atoms in total. The lowest BCUT2D eigenvalue weighted by atomic mass is 10.2. The number of nitrogens with zero attached hydrogens (tertiary/aromatic N) is 3. The zero-order chi connectivity index (χ0) is 17.5. The van der Waals surface area contributed by atoms with Gasteiger partial charge < -0.3 is 10.3 Å². The number of nitrogens with one attached hydrogen (secondary N) is 3. The van der Waals surface area contributed by atoms with Crippen LogP contribution in [0.1, 0.15) is 5.56 Å². The standard InChI is InChI=1S/C20H16N6/c1-12-2-3-13-10-18(24-17(13)8-12)20-21-7-6-19(25-20)23-15-4-5-16-14(9-15)11-22-26-16/h2-11,24H,1H3,(H,22,26)(H,21,23,25). The molecule has 0 aliphatic carbocycles. The molecule has 0 radical (unpaired) electrons. The molecule has 5 rings (SSSR count). The van der Waals surface area contributed by atoms with Crippen molar-refractivity contribution in [3.63, 3.8) is 0 Å². The number of anilines is 2. The van der Waals surface area contributed by atoms with Crippen molar-refractivity contribution in [3.8, 4) is 11.5 Å². The van der Waals surface area contributed by atoms with Crippen molar-refractivity contribution >= 4 is 33.3 Å². The maximum absolute atomic E-state index is 4.65. The summed E-state index contributed by atoms with van der Waals surface area (Å²) in [5.41, 5.74) is 5.17. The van der Waals surface area contributed by atoms with Crippen LogP contribution in [0.25, 0.3) is 33.3 Å². The Labute approximate surface area is 149 Å². The van der Waals surface area contributed by atoms with Gasteiger partial charge in [0.2, 0.25) is 0 Å². The maximum atomic E-state index is 4.65. The first kappa shape index (κ1) is 14.7. The Bertz CT molecular complexity index is 1230. The Balaban J connectivity index is 1.49. The molecule has 26 heavy (non-hydrogen) atoms. The summed E-state index contributed by atoms with van der Waals surface area (Å²) in [6, 6.07) is 16.3. The van der Waals surface area contributed by atoms with Crippen molar-refractivity contribution in [1.82, 2.24) is 25.1 Å². The first-order valence-electron chi connectivity index (χ1n) is 8.37. The fourth-order valence-corrected chi connectivity index (χ4v) is 3.09. The lowest BCUT2D eigenvalue weighted by Crippen LogP contribution is -1.96. The molecule has 0 saturated carbocycles. The summed E-state index contributed by atoms with van der Waals surface area (Å²) in [7, 11) is 0. The second-order valence-corrected chi connectivity index (χ2v) is 6.34. The number of fused-ring (bicyclic) bond motifs is 2. The molecule has 0 fully saturated rings. The summed E-state index contributed by atoms with van der Waals surface area (Å²) in [6.45, 7) is 2.08. The summed E-state index contributed by atoms with van der Waals surface area (Å²) in [6.07, 6.45) is 3.57. The van der Waals surface area contributed by atoms with E-state index in [1.807, 2.05) is 24.3 Å². The van der Waals surface area contributed by atoms with E-state index in [0.29, 0.717) is 5.82 Å². The topological polar surface area (TPSA) is 82.3 Å². The number of H-pyrrole nitrogens is 2. The molecular formula is C20H16N6. The van der Waals surface area contributed by atoms with Gasteiger partial charge in [-0.15, -0.1) is 0 Å². The minimum absolute atomic E-state index is 0.660. The second kappa shape index (κ2) is 5.70. The van der Waals surface area contributed by atoms with Gasteiger partial charge in [-0.05, 0) is 48.9 Å². The third kappa shape index (κ3) is 2.57. The van der Waals surface area contributed by atoms with E-state index >= 15 is 0 Å². The second-order valence-electron chi connectivity index (χ2n) is 6.34. The molecule has 0 saturated heterocycles. The summed E-state index contributed by atoms with van der Waals surface area (Å²) >= 11 is 0. The van der Waals surface area contributed by atoms with Crippen LogP contribution >= 0.6 is 0 Å². The van der Waals surface area contributed by atoms with E-state index < -0.39 is 0 Å². The first-order chi connectivity index (χ1) is 12.7. The van der Waals surface area contributed by atoms with Gasteiger partial charge in [0.15, 0.2) is 5.82 Å². The van der Waals surface area contributed by atoms with Crippen LogP contribution in [0.4, 0.5) is 11.5 Å². The quantitative estimate of drug-likeness (QED) is 0.450. The van der Waals surface area contributed by atoms with Crippen molar-refractivity contribution in [2.75, 3.05) is 5.32 Å². The lowest BCUT2D eigenvalue weighted by Gasteiger charge is -2.06. The van der Waals surface area contributed by atoms with Gasteiger partial charge in [-0.2, -0.15) is 5.10 Å². The Morgan fingerprint density at radius 3 is 2.85 bits per heavy atom. The number of aryl methyl sites for hydroxylation is 1. The van der Waals surface area contributed by atoms with E-state index in [4.69, 9.17) is 0 Å². The predicted octanol–water partition coefficient (Wildman–Crippen LogP) is 4.55. The third-order valence-corrected chi connectivity index (χ3v) is 4.39. The first-order valence-corrected chi connectivity index (χ1v) is 8.37. The zero-order valence-electron chi connectivity index (χ0n) is 14.1. The van der Waals surface area contributed by atoms with Crippen LogP contribution in [0.2, 0.25) is 0 Å². The maximum Gasteiger partial charge on any atom is 0.178 e. The molecule has 2 aromatic carbocycles. The van der Waals surface area contributed by atoms with Gasteiger partial charge in [0.25, 0.3) is 0 Å². The van der Waals surface area contributed by atoms with Crippen molar-refractivity contribution in [1.29, 1.82) is 0 Å². The number of hydrogen-bond donors (Lipinski definition) is 3. The molecule has 0 atom stereocenters. The SMILES string of the molecule is Cc1ccc2cc(-c3nccc(Nc4ccc5[nH]ncc5c4)n3)[nH]c2c1. The van der Waals surface area contributed by atoms with E-state index in [9.17, 15) is 0 Å². The fraction of sp³-hybridized carbons (Fsp3) is 0.0500. The normalized spacial score (nSPS) is 11.3. The molecule has 0 amide bonds. The molecule has 3 heterocycles. The predicted molar refractivity (Wildman–Crippen MR) is 103 cm³/mol. The summed E-state index contributed by atoms with van der Waals surface area (Å²) in [5, 5.41) is 12.5. The monoisotopic (exact) mass is 340 g/mol. The highest BCUT2D eigenvalue weighted by Gasteiger charge is 2.08. The molecule has 3 aromatic heterocycles. The summed E-state index contributed by atoms with van der Waals surface area (Å²) in [4.78, 5) is 12.5. The molecule has 5 aromatic rings. The molecular weight excluding hydrogens is 324 g/mol. The van der Waals surface area contributed by atoms with Gasteiger partial charge in [-0.3, -0.25) is 5.10 Å². The minimum atomic E-state index is 0.660. The molecule has 0 bridgehead atoms. The van der Waals surface area contributed by atoms with Crippen molar-refractivity contribution in [3.05, 3.63) is 66.5 Å². The number of aromatic nitrogens is 5. The Morgan fingerprint density at radius 1 is 0.923 bits per heavy atom. The van der Waals surface area contributed by atoms with Gasteiger partial charge in [-0.1, -0.05) is 12.1 Å². The van der Waals surface area contributed by atoms with Gasteiger partial charge in [0, 0.05) is 28.2 Å². The van der Waals surface area contributed by atoms with E-state index in [-0.39, 0.29) is 0 Å². The Hall–Kier alpha value is -3.67. The van der Waals surface area contributed by atoms with Gasteiger partial charge in [0.05, 0.1) is 17.4 Å². The number of benzene rings is 2. The van der Waals surface area contributed by atoms with Crippen LogP contribution in [-0.2, 0) is 0 Å². The molecule has 0 unspecified atom stereocenters. The van der Waals surface area contributed by atoms with Gasteiger partial charge in [0.1, 0.15) is 5.82 Å². The molecule has 3 N–H and O–H groups in total. The molecule has 0 spiro atoms. The summed E-state index contributed by atoms with van der Waals surface area (Å²) in [5.74, 6) is 1.40. The van der Waals surface area contributed by atoms with Crippen LogP contribution in [-0.4, -0.2) is 25.1 Å².